The van der Waals surface area contributed by atoms with Crippen molar-refractivity contribution in [2.75, 3.05) is 39.6 Å². The summed E-state index contributed by atoms with van der Waals surface area (Å²) in [5.74, 6) is 0.328. The SMILES string of the molecule is CCO[Si](CCCOCCOc1ccc(C(=O)C(C)(C)O)cc1)(OCC)OCC. The number of Topliss-reactive ketones (excluding diaryl/α,β-unsaturated/α-hetero) is 1. The predicted octanol–water partition coefficient (Wildman–Crippen LogP) is 3.47. The number of ether oxygens (including phenoxy) is 2. The van der Waals surface area contributed by atoms with Crippen molar-refractivity contribution in [3.8, 4) is 5.75 Å². The van der Waals surface area contributed by atoms with Crippen LogP contribution in [0.15, 0.2) is 24.3 Å². The van der Waals surface area contributed by atoms with Crippen LogP contribution in [0.25, 0.3) is 0 Å². The molecule has 0 saturated carbocycles. The summed E-state index contributed by atoms with van der Waals surface area (Å²) in [6, 6.07) is 7.45. The smallest absolute Gasteiger partial charge is 0.491 e. The fourth-order valence-electron chi connectivity index (χ4n) is 2.77. The first kappa shape index (κ1) is 25.7. The van der Waals surface area contributed by atoms with E-state index in [1.54, 1.807) is 24.3 Å². The van der Waals surface area contributed by atoms with Crippen molar-refractivity contribution in [3.63, 3.8) is 0 Å². The highest BCUT2D eigenvalue weighted by molar-refractivity contribution is 6.60. The predicted molar refractivity (Wildman–Crippen MR) is 113 cm³/mol. The quantitative estimate of drug-likeness (QED) is 0.245. The Morgan fingerprint density at radius 1 is 0.931 bits per heavy atom. The summed E-state index contributed by atoms with van der Waals surface area (Å²) in [5, 5.41) is 9.77. The van der Waals surface area contributed by atoms with Gasteiger partial charge in [0.1, 0.15) is 18.0 Å². The molecule has 0 aliphatic heterocycles. The summed E-state index contributed by atoms with van der Waals surface area (Å²) in [6.45, 7) is 11.9. The summed E-state index contributed by atoms with van der Waals surface area (Å²) < 4.78 is 28.7. The molecule has 0 aliphatic rings. The Morgan fingerprint density at radius 3 is 1.97 bits per heavy atom. The van der Waals surface area contributed by atoms with Gasteiger partial charge in [-0.25, -0.2) is 0 Å². The monoisotopic (exact) mass is 428 g/mol. The minimum absolute atomic E-state index is 0.321. The van der Waals surface area contributed by atoms with Crippen molar-refractivity contribution in [1.82, 2.24) is 0 Å². The van der Waals surface area contributed by atoms with Gasteiger partial charge in [-0.1, -0.05) is 0 Å². The Morgan fingerprint density at radius 2 is 1.48 bits per heavy atom. The van der Waals surface area contributed by atoms with E-state index in [1.807, 2.05) is 20.8 Å². The second-order valence-corrected chi connectivity index (χ2v) is 9.69. The molecule has 8 heteroatoms. The van der Waals surface area contributed by atoms with E-state index in [0.29, 0.717) is 51.0 Å². The van der Waals surface area contributed by atoms with Gasteiger partial charge in [-0.2, -0.15) is 0 Å². The topological polar surface area (TPSA) is 83.5 Å². The average molecular weight is 429 g/mol. The normalized spacial score (nSPS) is 12.2. The van der Waals surface area contributed by atoms with E-state index in [9.17, 15) is 9.90 Å². The third-order valence-electron chi connectivity index (χ3n) is 4.03. The molecule has 0 atom stereocenters. The molecule has 166 valence electrons. The Kier molecular flexibility index (Phi) is 11.6. The molecule has 0 heterocycles. The van der Waals surface area contributed by atoms with Gasteiger partial charge < -0.3 is 27.9 Å². The standard InChI is InChI=1S/C21H36O7Si/c1-6-26-29(27-7-2,28-8-3)17-9-14-24-15-16-25-19-12-10-18(11-13-19)20(22)21(4,5)23/h10-13,23H,6-9,14-17H2,1-5H3. The molecule has 1 N–H and O–H groups in total. The molecule has 1 rings (SSSR count). The number of carbonyl (C=O) groups excluding carboxylic acids is 1. The highest BCUT2D eigenvalue weighted by Gasteiger charge is 2.39. The molecule has 7 nitrogen and oxygen atoms in total. The molecule has 0 unspecified atom stereocenters. The van der Waals surface area contributed by atoms with Crippen LogP contribution in [0.2, 0.25) is 6.04 Å². The largest absolute Gasteiger partial charge is 0.501 e. The van der Waals surface area contributed by atoms with Gasteiger partial charge in [-0.15, -0.1) is 0 Å². The number of hydrogen-bond donors (Lipinski definition) is 1. The van der Waals surface area contributed by atoms with Crippen LogP contribution in [0, 0.1) is 0 Å². The van der Waals surface area contributed by atoms with Gasteiger partial charge in [-0.3, -0.25) is 4.79 Å². The lowest BCUT2D eigenvalue weighted by Gasteiger charge is -2.28. The van der Waals surface area contributed by atoms with Crippen LogP contribution in [0.3, 0.4) is 0 Å². The summed E-state index contributed by atoms with van der Waals surface area (Å²) >= 11 is 0. The van der Waals surface area contributed by atoms with E-state index in [2.05, 4.69) is 0 Å². The maximum atomic E-state index is 12.0. The number of benzene rings is 1. The lowest BCUT2D eigenvalue weighted by molar-refractivity contribution is 0.0488. The van der Waals surface area contributed by atoms with Crippen LogP contribution in [-0.4, -0.2) is 64.9 Å². The zero-order chi connectivity index (χ0) is 21.8. The van der Waals surface area contributed by atoms with E-state index < -0.39 is 14.4 Å². The van der Waals surface area contributed by atoms with E-state index in [-0.39, 0.29) is 5.78 Å². The fourth-order valence-corrected chi connectivity index (χ4v) is 5.35. The first-order valence-electron chi connectivity index (χ1n) is 10.3. The van der Waals surface area contributed by atoms with Crippen LogP contribution in [0.4, 0.5) is 0 Å². The van der Waals surface area contributed by atoms with Gasteiger partial charge in [0.25, 0.3) is 0 Å². The Balaban J connectivity index is 2.30. The second-order valence-electron chi connectivity index (χ2n) is 6.96. The summed E-state index contributed by atoms with van der Waals surface area (Å²) in [5.41, 5.74) is -0.935. The molecule has 0 saturated heterocycles. The van der Waals surface area contributed by atoms with Crippen LogP contribution in [0.5, 0.6) is 5.75 Å². The molecule has 0 fully saturated rings. The Labute approximate surface area is 175 Å². The zero-order valence-electron chi connectivity index (χ0n) is 18.4. The summed E-state index contributed by atoms with van der Waals surface area (Å²) in [7, 11) is -2.60. The molecule has 0 radical (unpaired) electrons. The maximum Gasteiger partial charge on any atom is 0.501 e. The number of ketones is 1. The van der Waals surface area contributed by atoms with Crippen LogP contribution in [-0.2, 0) is 18.0 Å². The van der Waals surface area contributed by atoms with Crippen LogP contribution < -0.4 is 4.74 Å². The first-order valence-corrected chi connectivity index (χ1v) is 12.2. The van der Waals surface area contributed by atoms with Gasteiger partial charge in [0.05, 0.1) is 6.61 Å². The van der Waals surface area contributed by atoms with Crippen molar-refractivity contribution >= 4 is 14.6 Å². The highest BCUT2D eigenvalue weighted by Crippen LogP contribution is 2.19. The van der Waals surface area contributed by atoms with Crippen LogP contribution in [0.1, 0.15) is 51.4 Å². The zero-order valence-corrected chi connectivity index (χ0v) is 19.4. The van der Waals surface area contributed by atoms with Crippen molar-refractivity contribution in [2.45, 2.75) is 52.7 Å². The van der Waals surface area contributed by atoms with Gasteiger partial charge in [0, 0.05) is 38.0 Å². The third kappa shape index (κ3) is 9.37. The number of carbonyl (C=O) groups is 1. The maximum absolute atomic E-state index is 12.0. The highest BCUT2D eigenvalue weighted by atomic mass is 28.4. The van der Waals surface area contributed by atoms with E-state index in [0.717, 1.165) is 12.5 Å². The fraction of sp³-hybridized carbons (Fsp3) is 0.667. The molecule has 0 aliphatic carbocycles. The average Bonchev–Trinajstić information content (AvgIpc) is 2.67. The molecule has 0 aromatic heterocycles. The van der Waals surface area contributed by atoms with Gasteiger partial charge in [0.2, 0.25) is 0 Å². The summed E-state index contributed by atoms with van der Waals surface area (Å²) in [6.07, 6.45) is 0.792. The molecule has 0 bridgehead atoms. The third-order valence-corrected chi connectivity index (χ3v) is 7.18. The molecule has 0 spiro atoms. The number of hydrogen-bond acceptors (Lipinski definition) is 7. The van der Waals surface area contributed by atoms with E-state index in [1.165, 1.54) is 13.8 Å². The molecule has 1 aromatic rings. The lowest BCUT2D eigenvalue weighted by atomic mass is 9.97. The Bertz CT molecular complexity index is 567. The van der Waals surface area contributed by atoms with Crippen LogP contribution >= 0.6 is 0 Å². The summed E-state index contributed by atoms with van der Waals surface area (Å²) in [4.78, 5) is 12.0. The first-order chi connectivity index (χ1) is 13.8. The molecule has 1 aromatic carbocycles. The molecular weight excluding hydrogens is 392 g/mol. The minimum atomic E-state index is -2.60. The molecular formula is C21H36O7Si. The van der Waals surface area contributed by atoms with Gasteiger partial charge >= 0.3 is 8.80 Å². The van der Waals surface area contributed by atoms with Crippen molar-refractivity contribution in [2.24, 2.45) is 0 Å². The lowest BCUT2D eigenvalue weighted by Crippen LogP contribution is -2.46. The molecule has 0 amide bonds. The van der Waals surface area contributed by atoms with Crippen molar-refractivity contribution < 1.29 is 32.7 Å². The number of aliphatic hydroxyl groups is 1. The molecule has 29 heavy (non-hydrogen) atoms. The van der Waals surface area contributed by atoms with Gasteiger partial charge in [-0.05, 0) is 65.3 Å². The second kappa shape index (κ2) is 13.1. The van der Waals surface area contributed by atoms with E-state index in [4.69, 9.17) is 22.8 Å². The van der Waals surface area contributed by atoms with E-state index >= 15 is 0 Å². The minimum Gasteiger partial charge on any atom is -0.491 e. The Hall–Kier alpha value is -1.29. The van der Waals surface area contributed by atoms with Crippen molar-refractivity contribution in [1.29, 1.82) is 0 Å². The van der Waals surface area contributed by atoms with Crippen molar-refractivity contribution in [3.05, 3.63) is 29.8 Å². The van der Waals surface area contributed by atoms with Gasteiger partial charge in [0.15, 0.2) is 5.78 Å². The number of rotatable bonds is 16.